The van der Waals surface area contributed by atoms with Crippen LogP contribution in [0.2, 0.25) is 0 Å². The van der Waals surface area contributed by atoms with Crippen molar-refractivity contribution in [3.8, 4) is 5.75 Å². The van der Waals surface area contributed by atoms with Gasteiger partial charge in [-0.15, -0.1) is 0 Å². The second kappa shape index (κ2) is 8.41. The monoisotopic (exact) mass is 299 g/mol. The van der Waals surface area contributed by atoms with E-state index in [4.69, 9.17) is 9.57 Å². The number of hydrogen-bond acceptors (Lipinski definition) is 5. The maximum absolute atomic E-state index is 11.6. The molecule has 1 amide bonds. The van der Waals surface area contributed by atoms with Crippen LogP contribution in [-0.4, -0.2) is 23.9 Å². The van der Waals surface area contributed by atoms with Crippen LogP contribution in [0.5, 0.6) is 5.75 Å². The Labute approximate surface area is 128 Å². The molecule has 2 rings (SSSR count). The number of oxime groups is 1. The standard InChI is InChI=1S/C16H17N3O3/c1-2-10-21-15-7-5-14(6-8-15)19-16(20)22-18-12-13-4-3-9-17-11-13/h3-9,11-12H,2,10H2,1H3,(H,19,20)/b18-12+. The van der Waals surface area contributed by atoms with Crippen molar-refractivity contribution < 1.29 is 14.4 Å². The molecule has 0 saturated heterocycles. The molecule has 0 radical (unpaired) electrons. The molecule has 1 heterocycles. The predicted octanol–water partition coefficient (Wildman–Crippen LogP) is 3.45. The van der Waals surface area contributed by atoms with Crippen LogP contribution >= 0.6 is 0 Å². The van der Waals surface area contributed by atoms with Crippen molar-refractivity contribution >= 4 is 18.0 Å². The molecule has 0 fully saturated rings. The number of ether oxygens (including phenoxy) is 1. The summed E-state index contributed by atoms with van der Waals surface area (Å²) >= 11 is 0. The van der Waals surface area contributed by atoms with E-state index >= 15 is 0 Å². The Morgan fingerprint density at radius 2 is 2.14 bits per heavy atom. The SMILES string of the molecule is CCCOc1ccc(NC(=O)O/N=C/c2cccnc2)cc1. The second-order valence-corrected chi connectivity index (χ2v) is 4.40. The fourth-order valence-corrected chi connectivity index (χ4v) is 1.58. The fraction of sp³-hybridized carbons (Fsp3) is 0.188. The van der Waals surface area contributed by atoms with Gasteiger partial charge in [0.1, 0.15) is 5.75 Å². The summed E-state index contributed by atoms with van der Waals surface area (Å²) < 4.78 is 5.46. The summed E-state index contributed by atoms with van der Waals surface area (Å²) in [6.45, 7) is 2.70. The highest BCUT2D eigenvalue weighted by atomic mass is 16.7. The first kappa shape index (κ1) is 15.5. The first-order valence-electron chi connectivity index (χ1n) is 6.92. The minimum absolute atomic E-state index is 0.602. The summed E-state index contributed by atoms with van der Waals surface area (Å²) in [5, 5.41) is 6.16. The van der Waals surface area contributed by atoms with E-state index in [1.807, 2.05) is 6.92 Å². The number of anilines is 1. The Kier molecular flexibility index (Phi) is 5.92. The van der Waals surface area contributed by atoms with Crippen molar-refractivity contribution in [2.24, 2.45) is 5.16 Å². The highest BCUT2D eigenvalue weighted by Gasteiger charge is 2.02. The lowest BCUT2D eigenvalue weighted by molar-refractivity contribution is 0.167. The van der Waals surface area contributed by atoms with E-state index in [2.05, 4.69) is 15.5 Å². The lowest BCUT2D eigenvalue weighted by Crippen LogP contribution is -2.10. The average molecular weight is 299 g/mol. The molecular formula is C16H17N3O3. The van der Waals surface area contributed by atoms with Crippen molar-refractivity contribution in [1.29, 1.82) is 0 Å². The van der Waals surface area contributed by atoms with Crippen molar-refractivity contribution in [3.05, 3.63) is 54.4 Å². The zero-order valence-corrected chi connectivity index (χ0v) is 12.2. The van der Waals surface area contributed by atoms with Gasteiger partial charge in [0.25, 0.3) is 0 Å². The molecule has 0 spiro atoms. The highest BCUT2D eigenvalue weighted by Crippen LogP contribution is 2.16. The van der Waals surface area contributed by atoms with Gasteiger partial charge < -0.3 is 4.74 Å². The van der Waals surface area contributed by atoms with E-state index in [9.17, 15) is 4.79 Å². The molecule has 1 aromatic carbocycles. The molecule has 0 aliphatic heterocycles. The largest absolute Gasteiger partial charge is 0.494 e. The van der Waals surface area contributed by atoms with Crippen molar-refractivity contribution in [3.63, 3.8) is 0 Å². The molecule has 22 heavy (non-hydrogen) atoms. The van der Waals surface area contributed by atoms with E-state index in [0.29, 0.717) is 12.3 Å². The van der Waals surface area contributed by atoms with Gasteiger partial charge in [-0.1, -0.05) is 18.1 Å². The van der Waals surface area contributed by atoms with Crippen LogP contribution < -0.4 is 10.1 Å². The molecule has 6 nitrogen and oxygen atoms in total. The molecule has 1 N–H and O–H groups in total. The van der Waals surface area contributed by atoms with Gasteiger partial charge in [-0.25, -0.2) is 4.79 Å². The van der Waals surface area contributed by atoms with E-state index in [-0.39, 0.29) is 0 Å². The summed E-state index contributed by atoms with van der Waals surface area (Å²) in [7, 11) is 0. The van der Waals surface area contributed by atoms with Crippen LogP contribution in [0, 0.1) is 0 Å². The van der Waals surface area contributed by atoms with Gasteiger partial charge in [-0.3, -0.25) is 15.1 Å². The molecule has 6 heteroatoms. The van der Waals surface area contributed by atoms with E-state index in [1.54, 1.807) is 48.8 Å². The van der Waals surface area contributed by atoms with Gasteiger partial charge in [0.2, 0.25) is 0 Å². The van der Waals surface area contributed by atoms with Crippen LogP contribution in [0.3, 0.4) is 0 Å². The Morgan fingerprint density at radius 3 is 2.82 bits per heavy atom. The number of amides is 1. The number of carbonyl (C=O) groups excluding carboxylic acids is 1. The fourth-order valence-electron chi connectivity index (χ4n) is 1.58. The quantitative estimate of drug-likeness (QED) is 0.503. The summed E-state index contributed by atoms with van der Waals surface area (Å²) in [6.07, 6.45) is 4.95. The minimum Gasteiger partial charge on any atom is -0.494 e. The average Bonchev–Trinajstić information content (AvgIpc) is 2.55. The van der Waals surface area contributed by atoms with Crippen LogP contribution in [0.1, 0.15) is 18.9 Å². The highest BCUT2D eigenvalue weighted by molar-refractivity contribution is 5.85. The minimum atomic E-state index is -0.664. The normalized spacial score (nSPS) is 10.4. The summed E-state index contributed by atoms with van der Waals surface area (Å²) in [4.78, 5) is 20.2. The first-order valence-corrected chi connectivity index (χ1v) is 6.92. The maximum Gasteiger partial charge on any atom is 0.437 e. The Balaban J connectivity index is 1.80. The molecule has 1 aromatic heterocycles. The van der Waals surface area contributed by atoms with Gasteiger partial charge in [-0.2, -0.15) is 0 Å². The zero-order chi connectivity index (χ0) is 15.6. The number of nitrogens with one attached hydrogen (secondary N) is 1. The van der Waals surface area contributed by atoms with E-state index in [1.165, 1.54) is 6.21 Å². The van der Waals surface area contributed by atoms with Gasteiger partial charge in [0.15, 0.2) is 0 Å². The molecule has 0 bridgehead atoms. The van der Waals surface area contributed by atoms with Crippen molar-refractivity contribution in [1.82, 2.24) is 4.98 Å². The molecule has 0 aliphatic rings. The third kappa shape index (κ3) is 5.24. The van der Waals surface area contributed by atoms with Gasteiger partial charge >= 0.3 is 6.09 Å². The third-order valence-corrected chi connectivity index (χ3v) is 2.60. The molecule has 2 aromatic rings. The molecule has 0 saturated carbocycles. The van der Waals surface area contributed by atoms with E-state index in [0.717, 1.165) is 17.7 Å². The molecular weight excluding hydrogens is 282 g/mol. The summed E-state index contributed by atoms with van der Waals surface area (Å²) in [6, 6.07) is 10.6. The smallest absolute Gasteiger partial charge is 0.437 e. The van der Waals surface area contributed by atoms with Gasteiger partial charge in [-0.05, 0) is 36.8 Å². The van der Waals surface area contributed by atoms with Gasteiger partial charge in [0.05, 0.1) is 12.8 Å². The predicted molar refractivity (Wildman–Crippen MR) is 84.2 cm³/mol. The number of hydrogen-bond donors (Lipinski definition) is 1. The van der Waals surface area contributed by atoms with Crippen LogP contribution in [0.15, 0.2) is 53.9 Å². The molecule has 114 valence electrons. The number of aromatic nitrogens is 1. The van der Waals surface area contributed by atoms with Crippen LogP contribution in [0.4, 0.5) is 10.5 Å². The second-order valence-electron chi connectivity index (χ2n) is 4.40. The van der Waals surface area contributed by atoms with Gasteiger partial charge in [0, 0.05) is 23.6 Å². The van der Waals surface area contributed by atoms with Crippen LogP contribution in [0.25, 0.3) is 0 Å². The summed E-state index contributed by atoms with van der Waals surface area (Å²) in [5.74, 6) is 0.760. The van der Waals surface area contributed by atoms with Crippen LogP contribution in [-0.2, 0) is 4.84 Å². The lowest BCUT2D eigenvalue weighted by Gasteiger charge is -2.06. The number of benzene rings is 1. The maximum atomic E-state index is 11.6. The number of rotatable bonds is 6. The number of nitrogens with zero attached hydrogens (tertiary/aromatic N) is 2. The summed E-state index contributed by atoms with van der Waals surface area (Å²) in [5.41, 5.74) is 1.35. The van der Waals surface area contributed by atoms with E-state index < -0.39 is 6.09 Å². The molecule has 0 aliphatic carbocycles. The Hall–Kier alpha value is -2.89. The topological polar surface area (TPSA) is 72.8 Å². The zero-order valence-electron chi connectivity index (χ0n) is 12.2. The molecule has 0 unspecified atom stereocenters. The van der Waals surface area contributed by atoms with Crippen molar-refractivity contribution in [2.45, 2.75) is 13.3 Å². The number of carbonyl (C=O) groups is 1. The number of pyridine rings is 1. The Bertz CT molecular complexity index is 612. The Morgan fingerprint density at radius 1 is 1.32 bits per heavy atom. The third-order valence-electron chi connectivity index (χ3n) is 2.60. The lowest BCUT2D eigenvalue weighted by atomic mass is 10.3. The first-order chi connectivity index (χ1) is 10.8. The van der Waals surface area contributed by atoms with Crippen molar-refractivity contribution in [2.75, 3.05) is 11.9 Å². The molecule has 0 atom stereocenters.